The number of alkyl halides is 1. The van der Waals surface area contributed by atoms with Gasteiger partial charge in [0.15, 0.2) is 0 Å². The number of hydrogen-bond donors (Lipinski definition) is 5. The molecule has 0 heterocycles. The van der Waals surface area contributed by atoms with Crippen LogP contribution in [0.15, 0.2) is 30.3 Å². The first-order valence-electron chi connectivity index (χ1n) is 16.1. The number of carboxylic acids is 1. The van der Waals surface area contributed by atoms with Crippen molar-refractivity contribution in [2.75, 3.05) is 33.0 Å². The van der Waals surface area contributed by atoms with Gasteiger partial charge < -0.3 is 45.5 Å². The zero-order valence-corrected chi connectivity index (χ0v) is 31.5. The van der Waals surface area contributed by atoms with E-state index in [4.69, 9.17) is 29.8 Å². The molecule has 1 aromatic rings. The third-order valence-electron chi connectivity index (χ3n) is 8.32. The highest BCUT2D eigenvalue weighted by molar-refractivity contribution is 9.10. The first-order chi connectivity index (χ1) is 23.6. The normalized spacial score (nSPS) is 14.4. The number of esters is 3. The van der Waals surface area contributed by atoms with Crippen LogP contribution in [0.5, 0.6) is 0 Å². The predicted molar refractivity (Wildman–Crippen MR) is 185 cm³/mol. The quantitative estimate of drug-likeness (QED) is 0.0491. The Kier molecular flexibility index (Phi) is 17.5. The van der Waals surface area contributed by atoms with Crippen LogP contribution in [-0.2, 0) is 54.3 Å². The zero-order chi connectivity index (χ0) is 39.0. The average Bonchev–Trinajstić information content (AvgIpc) is 3.04. The monoisotopic (exact) mass is 787 g/mol. The van der Waals surface area contributed by atoms with Crippen molar-refractivity contribution < 1.29 is 62.7 Å². The SMILES string of the molecule is CC(C)(CC(C)(C(=O)OCCOC(=O)CNC(=O)[C@H](CCC(N)=O)NC(=O)OCc1ccccc1)C(C)(C)CC(C)(Br)C(=O)O)C(=O)OCCO. The number of alkyl carbamates (subject to hydrolysis) is 1. The Labute approximate surface area is 305 Å². The molecule has 17 heteroatoms. The van der Waals surface area contributed by atoms with Crippen LogP contribution in [0.2, 0.25) is 0 Å². The van der Waals surface area contributed by atoms with Crippen LogP contribution in [-0.4, -0.2) is 95.3 Å². The second kappa shape index (κ2) is 20.0. The van der Waals surface area contributed by atoms with E-state index in [1.807, 2.05) is 0 Å². The molecule has 0 aliphatic rings. The summed E-state index contributed by atoms with van der Waals surface area (Å²) in [6, 6.07) is 7.52. The van der Waals surface area contributed by atoms with Crippen molar-refractivity contribution >= 4 is 57.7 Å². The molecule has 0 radical (unpaired) electrons. The van der Waals surface area contributed by atoms with Gasteiger partial charge in [-0.2, -0.15) is 0 Å². The minimum Gasteiger partial charge on any atom is -0.480 e. The summed E-state index contributed by atoms with van der Waals surface area (Å²) in [5, 5.41) is 23.5. The van der Waals surface area contributed by atoms with Gasteiger partial charge in [-0.1, -0.05) is 60.1 Å². The summed E-state index contributed by atoms with van der Waals surface area (Å²) in [7, 11) is 0. The summed E-state index contributed by atoms with van der Waals surface area (Å²) < 4.78 is 19.4. The standard InChI is InChI=1S/C34H50BrN3O13/c1-31(2,28(45)49-15-14-39)20-33(5,32(3,4)21-34(6,35)27(43)44)29(46)50-17-16-48-25(41)18-37-26(42)23(12-13-24(36)40)38-30(47)51-19-22-10-8-7-9-11-22/h7-11,23,39H,12-21H2,1-6H3,(H2,36,40)(H,37,42)(H,38,47)(H,43,44)/t23-,33?,34?/m0/s1. The summed E-state index contributed by atoms with van der Waals surface area (Å²) >= 11 is 3.22. The van der Waals surface area contributed by atoms with E-state index in [0.717, 1.165) is 0 Å². The number of aliphatic hydroxyl groups is 1. The number of aliphatic carboxylic acids is 1. The Morgan fingerprint density at radius 3 is 2.00 bits per heavy atom. The molecule has 2 unspecified atom stereocenters. The van der Waals surface area contributed by atoms with E-state index < -0.39 is 94.8 Å². The molecular weight excluding hydrogens is 738 g/mol. The molecule has 3 atom stereocenters. The number of benzene rings is 1. The maximum absolute atomic E-state index is 13.7. The first-order valence-corrected chi connectivity index (χ1v) is 16.9. The predicted octanol–water partition coefficient (Wildman–Crippen LogP) is 2.36. The molecule has 286 valence electrons. The topological polar surface area (TPSA) is 247 Å². The largest absolute Gasteiger partial charge is 0.480 e. The third-order valence-corrected chi connectivity index (χ3v) is 8.94. The van der Waals surface area contributed by atoms with E-state index in [1.165, 1.54) is 6.92 Å². The molecular formula is C34H50BrN3O13. The molecule has 3 amide bonds. The molecule has 0 aliphatic heterocycles. The molecule has 16 nitrogen and oxygen atoms in total. The van der Waals surface area contributed by atoms with Gasteiger partial charge >= 0.3 is 30.0 Å². The summed E-state index contributed by atoms with van der Waals surface area (Å²) in [6.07, 6.45) is -1.53. The van der Waals surface area contributed by atoms with Gasteiger partial charge in [-0.05, 0) is 57.9 Å². The van der Waals surface area contributed by atoms with Crippen molar-refractivity contribution in [1.29, 1.82) is 0 Å². The van der Waals surface area contributed by atoms with E-state index in [2.05, 4.69) is 26.6 Å². The molecule has 0 saturated heterocycles. The van der Waals surface area contributed by atoms with Gasteiger partial charge in [0.1, 0.15) is 43.3 Å². The minimum atomic E-state index is -1.48. The van der Waals surface area contributed by atoms with Crippen LogP contribution in [0.3, 0.4) is 0 Å². The van der Waals surface area contributed by atoms with Crippen molar-refractivity contribution in [2.45, 2.75) is 84.2 Å². The van der Waals surface area contributed by atoms with E-state index >= 15 is 0 Å². The van der Waals surface area contributed by atoms with E-state index in [0.29, 0.717) is 5.56 Å². The fourth-order valence-electron chi connectivity index (χ4n) is 5.22. The Morgan fingerprint density at radius 1 is 0.843 bits per heavy atom. The number of nitrogens with two attached hydrogens (primary N) is 1. The number of primary amides is 1. The lowest BCUT2D eigenvalue weighted by Gasteiger charge is -2.47. The number of aliphatic hydroxyl groups excluding tert-OH is 1. The highest BCUT2D eigenvalue weighted by Crippen LogP contribution is 2.53. The lowest BCUT2D eigenvalue weighted by Crippen LogP contribution is -2.51. The van der Waals surface area contributed by atoms with Gasteiger partial charge in [0.05, 0.1) is 17.4 Å². The molecule has 1 aromatic carbocycles. The van der Waals surface area contributed by atoms with Crippen molar-refractivity contribution in [3.63, 3.8) is 0 Å². The third kappa shape index (κ3) is 14.9. The molecule has 0 aliphatic carbocycles. The number of amides is 3. The summed E-state index contributed by atoms with van der Waals surface area (Å²) in [6.45, 7) is 7.25. The number of carboxylic acid groups (broad SMARTS) is 1. The van der Waals surface area contributed by atoms with Gasteiger partial charge in [0.2, 0.25) is 11.8 Å². The first kappa shape index (κ1) is 44.8. The van der Waals surface area contributed by atoms with Crippen LogP contribution in [0.25, 0.3) is 0 Å². The van der Waals surface area contributed by atoms with Crippen molar-refractivity contribution in [3.05, 3.63) is 35.9 Å². The lowest BCUT2D eigenvalue weighted by molar-refractivity contribution is -0.174. The molecule has 0 saturated carbocycles. The Hall–Kier alpha value is -4.25. The molecule has 1 rings (SSSR count). The Morgan fingerprint density at radius 2 is 1.43 bits per heavy atom. The van der Waals surface area contributed by atoms with Crippen LogP contribution in [0.4, 0.5) is 4.79 Å². The Bertz CT molecular complexity index is 1380. The smallest absolute Gasteiger partial charge is 0.408 e. The number of halogens is 1. The number of carbonyl (C=O) groups is 7. The van der Waals surface area contributed by atoms with E-state index in [1.54, 1.807) is 65.0 Å². The maximum Gasteiger partial charge on any atom is 0.408 e. The second-order valence-corrected chi connectivity index (χ2v) is 15.4. The molecule has 0 aromatic heterocycles. The number of ether oxygens (including phenoxy) is 4. The van der Waals surface area contributed by atoms with Crippen molar-refractivity contribution in [2.24, 2.45) is 22.0 Å². The fraction of sp³-hybridized carbons (Fsp3) is 0.618. The van der Waals surface area contributed by atoms with E-state index in [9.17, 15) is 38.7 Å². The molecule has 0 bridgehead atoms. The van der Waals surface area contributed by atoms with E-state index in [-0.39, 0.29) is 38.9 Å². The highest BCUT2D eigenvalue weighted by Gasteiger charge is 2.55. The van der Waals surface area contributed by atoms with Gasteiger partial charge in [0, 0.05) is 6.42 Å². The Balaban J connectivity index is 2.86. The average molecular weight is 789 g/mol. The number of carbonyl (C=O) groups excluding carboxylic acids is 6. The van der Waals surface area contributed by atoms with Gasteiger partial charge in [-0.15, -0.1) is 0 Å². The molecule has 0 spiro atoms. The van der Waals surface area contributed by atoms with Gasteiger partial charge in [-0.25, -0.2) is 4.79 Å². The van der Waals surface area contributed by atoms with Crippen LogP contribution in [0.1, 0.15) is 72.8 Å². The summed E-state index contributed by atoms with van der Waals surface area (Å²) in [5.41, 5.74) is 2.05. The lowest BCUT2D eigenvalue weighted by atomic mass is 9.57. The minimum absolute atomic E-state index is 0.0581. The van der Waals surface area contributed by atoms with Crippen LogP contribution in [0, 0.1) is 16.2 Å². The number of rotatable bonds is 22. The van der Waals surface area contributed by atoms with Crippen molar-refractivity contribution in [3.8, 4) is 0 Å². The number of nitrogens with one attached hydrogen (secondary N) is 2. The van der Waals surface area contributed by atoms with Gasteiger partial charge in [0.25, 0.3) is 0 Å². The summed E-state index contributed by atoms with van der Waals surface area (Å²) in [4.78, 5) is 87.2. The maximum atomic E-state index is 13.7. The second-order valence-electron chi connectivity index (χ2n) is 13.7. The highest BCUT2D eigenvalue weighted by atomic mass is 79.9. The molecule has 0 fully saturated rings. The molecule has 6 N–H and O–H groups in total. The van der Waals surface area contributed by atoms with Crippen LogP contribution < -0.4 is 16.4 Å². The van der Waals surface area contributed by atoms with Crippen molar-refractivity contribution in [1.82, 2.24) is 10.6 Å². The number of hydrogen-bond acceptors (Lipinski definition) is 12. The molecule has 51 heavy (non-hydrogen) atoms. The van der Waals surface area contributed by atoms with Gasteiger partial charge in [-0.3, -0.25) is 28.8 Å². The fourth-order valence-corrected chi connectivity index (χ4v) is 5.92. The van der Waals surface area contributed by atoms with Crippen LogP contribution >= 0.6 is 15.9 Å². The zero-order valence-electron chi connectivity index (χ0n) is 29.9. The summed E-state index contributed by atoms with van der Waals surface area (Å²) in [5.74, 6) is -5.07.